The maximum atomic E-state index is 7.33. The van der Waals surface area contributed by atoms with Gasteiger partial charge in [0.05, 0.1) is 0 Å². The molecule has 0 unspecified atom stereocenters. The van der Waals surface area contributed by atoms with Gasteiger partial charge in [-0.3, -0.25) is 0 Å². The summed E-state index contributed by atoms with van der Waals surface area (Å²) < 4.78 is 0. The van der Waals surface area contributed by atoms with Crippen LogP contribution in [-0.4, -0.2) is 5.71 Å². The van der Waals surface area contributed by atoms with Crippen LogP contribution in [0.1, 0.15) is 12.5 Å². The van der Waals surface area contributed by atoms with Crippen molar-refractivity contribution in [3.05, 3.63) is 32.8 Å². The predicted octanol–water partition coefficient (Wildman–Crippen LogP) is 4.23. The van der Waals surface area contributed by atoms with E-state index in [0.29, 0.717) is 27.2 Å². The van der Waals surface area contributed by atoms with Gasteiger partial charge in [-0.05, 0) is 24.6 Å². The number of benzene rings is 1. The second-order valence-electron chi connectivity index (χ2n) is 2.81. The Morgan fingerprint density at radius 1 is 1.23 bits per heavy atom. The van der Waals surface area contributed by atoms with Gasteiger partial charge in [0.15, 0.2) is 0 Å². The first-order chi connectivity index (χ1) is 6.00. The monoisotopic (exact) mass is 235 g/mol. The molecule has 0 aliphatic heterocycles. The summed E-state index contributed by atoms with van der Waals surface area (Å²) >= 11 is 17.6. The van der Waals surface area contributed by atoms with Crippen molar-refractivity contribution in [1.82, 2.24) is 0 Å². The third-order valence-electron chi connectivity index (χ3n) is 1.55. The maximum absolute atomic E-state index is 7.33. The lowest BCUT2D eigenvalue weighted by Gasteiger charge is -2.06. The van der Waals surface area contributed by atoms with E-state index >= 15 is 0 Å². The molecule has 70 valence electrons. The molecule has 0 spiro atoms. The molecule has 0 saturated heterocycles. The molecule has 0 aromatic heterocycles. The average molecular weight is 237 g/mol. The third kappa shape index (κ3) is 2.87. The fraction of sp³-hybridized carbons (Fsp3) is 0.222. The van der Waals surface area contributed by atoms with Gasteiger partial charge < -0.3 is 5.41 Å². The molecule has 0 fully saturated rings. The number of hydrogen-bond donors (Lipinski definition) is 1. The Morgan fingerprint density at radius 2 is 1.69 bits per heavy atom. The average Bonchev–Trinajstić information content (AvgIpc) is 1.96. The van der Waals surface area contributed by atoms with Gasteiger partial charge in [-0.2, -0.15) is 0 Å². The second-order valence-corrected chi connectivity index (χ2v) is 4.06. The Kier molecular flexibility index (Phi) is 3.60. The molecule has 0 aliphatic rings. The molecule has 0 bridgehead atoms. The van der Waals surface area contributed by atoms with Crippen LogP contribution in [0.15, 0.2) is 12.1 Å². The summed E-state index contributed by atoms with van der Waals surface area (Å²) in [6, 6.07) is 3.26. The standard InChI is InChI=1S/C9H8Cl3N/c1-5(13)2-7-8(11)3-6(10)4-9(7)12/h3-4,13H,2H2,1H3. The first kappa shape index (κ1) is 10.8. The lowest BCUT2D eigenvalue weighted by molar-refractivity contribution is 1.27. The van der Waals surface area contributed by atoms with Crippen molar-refractivity contribution in [2.24, 2.45) is 0 Å². The first-order valence-corrected chi connectivity index (χ1v) is 4.81. The van der Waals surface area contributed by atoms with Crippen molar-refractivity contribution in [2.75, 3.05) is 0 Å². The van der Waals surface area contributed by atoms with Crippen LogP contribution in [0.3, 0.4) is 0 Å². The SMILES string of the molecule is CC(=N)Cc1c(Cl)cc(Cl)cc1Cl. The molecule has 0 amide bonds. The lowest BCUT2D eigenvalue weighted by Crippen LogP contribution is -1.97. The van der Waals surface area contributed by atoms with E-state index in [1.54, 1.807) is 19.1 Å². The zero-order chi connectivity index (χ0) is 10.0. The van der Waals surface area contributed by atoms with E-state index in [9.17, 15) is 0 Å². The molecule has 0 radical (unpaired) electrons. The Morgan fingerprint density at radius 3 is 2.08 bits per heavy atom. The molecular weight excluding hydrogens is 228 g/mol. The van der Waals surface area contributed by atoms with Crippen LogP contribution in [0.2, 0.25) is 15.1 Å². The van der Waals surface area contributed by atoms with Crippen molar-refractivity contribution in [3.63, 3.8) is 0 Å². The van der Waals surface area contributed by atoms with Gasteiger partial charge in [-0.1, -0.05) is 34.8 Å². The molecule has 1 nitrogen and oxygen atoms in total. The van der Waals surface area contributed by atoms with Gasteiger partial charge in [0.25, 0.3) is 0 Å². The molecule has 0 heterocycles. The van der Waals surface area contributed by atoms with E-state index in [0.717, 1.165) is 5.56 Å². The molecule has 1 rings (SSSR count). The molecule has 13 heavy (non-hydrogen) atoms. The zero-order valence-corrected chi connectivity index (χ0v) is 9.26. The Hall–Kier alpha value is -0.240. The summed E-state index contributed by atoms with van der Waals surface area (Å²) in [5.74, 6) is 0. The minimum Gasteiger partial charge on any atom is -0.310 e. The summed E-state index contributed by atoms with van der Waals surface area (Å²) in [5, 5.41) is 8.88. The highest BCUT2D eigenvalue weighted by atomic mass is 35.5. The van der Waals surface area contributed by atoms with Gasteiger partial charge in [0, 0.05) is 27.2 Å². The normalized spacial score (nSPS) is 10.2. The Labute approximate surface area is 92.1 Å². The minimum atomic E-state index is 0.467. The van der Waals surface area contributed by atoms with Crippen LogP contribution in [0.25, 0.3) is 0 Å². The van der Waals surface area contributed by atoms with Crippen LogP contribution in [-0.2, 0) is 6.42 Å². The van der Waals surface area contributed by atoms with Crippen LogP contribution < -0.4 is 0 Å². The summed E-state index contributed by atoms with van der Waals surface area (Å²) in [5.41, 5.74) is 1.28. The zero-order valence-electron chi connectivity index (χ0n) is 7.00. The van der Waals surface area contributed by atoms with Crippen molar-refractivity contribution >= 4 is 40.5 Å². The van der Waals surface area contributed by atoms with E-state index in [1.165, 1.54) is 0 Å². The van der Waals surface area contributed by atoms with E-state index in [1.807, 2.05) is 0 Å². The molecule has 1 N–H and O–H groups in total. The molecule has 1 aromatic carbocycles. The van der Waals surface area contributed by atoms with E-state index < -0.39 is 0 Å². The quantitative estimate of drug-likeness (QED) is 0.743. The smallest absolute Gasteiger partial charge is 0.0471 e. The van der Waals surface area contributed by atoms with E-state index in [2.05, 4.69) is 0 Å². The van der Waals surface area contributed by atoms with Crippen LogP contribution in [0.5, 0.6) is 0 Å². The van der Waals surface area contributed by atoms with Crippen LogP contribution in [0, 0.1) is 5.41 Å². The molecule has 0 saturated carbocycles. The number of rotatable bonds is 2. The van der Waals surface area contributed by atoms with Gasteiger partial charge >= 0.3 is 0 Å². The van der Waals surface area contributed by atoms with Crippen molar-refractivity contribution in [1.29, 1.82) is 5.41 Å². The second kappa shape index (κ2) is 4.32. The maximum Gasteiger partial charge on any atom is 0.0471 e. The number of halogens is 3. The van der Waals surface area contributed by atoms with Gasteiger partial charge in [0.1, 0.15) is 0 Å². The minimum absolute atomic E-state index is 0.467. The van der Waals surface area contributed by atoms with Gasteiger partial charge in [-0.15, -0.1) is 0 Å². The molecule has 1 aromatic rings. The molecule has 4 heteroatoms. The summed E-state index contributed by atoms with van der Waals surface area (Å²) in [6.45, 7) is 1.71. The summed E-state index contributed by atoms with van der Waals surface area (Å²) in [6.07, 6.45) is 0.467. The largest absolute Gasteiger partial charge is 0.310 e. The third-order valence-corrected chi connectivity index (χ3v) is 2.44. The Bertz CT molecular complexity index is 324. The number of hydrogen-bond acceptors (Lipinski definition) is 1. The highest BCUT2D eigenvalue weighted by Gasteiger charge is 2.07. The summed E-state index contributed by atoms with van der Waals surface area (Å²) in [7, 11) is 0. The predicted molar refractivity (Wildman–Crippen MR) is 58.6 cm³/mol. The van der Waals surface area contributed by atoms with E-state index in [4.69, 9.17) is 40.2 Å². The van der Waals surface area contributed by atoms with Gasteiger partial charge in [0.2, 0.25) is 0 Å². The summed E-state index contributed by atoms with van der Waals surface area (Å²) in [4.78, 5) is 0. The van der Waals surface area contributed by atoms with Crippen molar-refractivity contribution < 1.29 is 0 Å². The Balaban J connectivity index is 3.13. The van der Waals surface area contributed by atoms with Gasteiger partial charge in [-0.25, -0.2) is 0 Å². The topological polar surface area (TPSA) is 23.9 Å². The highest BCUT2D eigenvalue weighted by molar-refractivity contribution is 6.39. The molecular formula is C9H8Cl3N. The van der Waals surface area contributed by atoms with Crippen molar-refractivity contribution in [2.45, 2.75) is 13.3 Å². The van der Waals surface area contributed by atoms with Crippen molar-refractivity contribution in [3.8, 4) is 0 Å². The fourth-order valence-electron chi connectivity index (χ4n) is 1.01. The van der Waals surface area contributed by atoms with Crippen LogP contribution >= 0.6 is 34.8 Å². The first-order valence-electron chi connectivity index (χ1n) is 3.68. The molecule has 0 aliphatic carbocycles. The molecule has 0 atom stereocenters. The highest BCUT2D eigenvalue weighted by Crippen LogP contribution is 2.29. The fourth-order valence-corrected chi connectivity index (χ4v) is 1.96. The number of nitrogens with one attached hydrogen (secondary N) is 1. The van der Waals surface area contributed by atoms with E-state index in [-0.39, 0.29) is 0 Å². The lowest BCUT2D eigenvalue weighted by atomic mass is 10.1. The van der Waals surface area contributed by atoms with Crippen LogP contribution in [0.4, 0.5) is 0 Å².